The van der Waals surface area contributed by atoms with E-state index in [-0.39, 0.29) is 30.4 Å². The highest BCUT2D eigenvalue weighted by Crippen LogP contribution is 2.29. The Morgan fingerprint density at radius 2 is 1.77 bits per heavy atom. The number of likely N-dealkylation sites (tertiary alicyclic amines) is 1. The van der Waals surface area contributed by atoms with Gasteiger partial charge in [0.2, 0.25) is 11.8 Å². The van der Waals surface area contributed by atoms with Gasteiger partial charge in [-0.2, -0.15) is 0 Å². The van der Waals surface area contributed by atoms with Crippen molar-refractivity contribution >= 4 is 11.8 Å². The number of nitrogens with zero attached hydrogens (tertiary/aromatic N) is 3. The smallest absolute Gasteiger partial charge is 0.248 e. The van der Waals surface area contributed by atoms with Crippen LogP contribution in [0.15, 0.2) is 30.3 Å². The second-order valence-electron chi connectivity index (χ2n) is 7.31. The first-order valence-corrected chi connectivity index (χ1v) is 9.41. The molecule has 142 valence electrons. The number of methoxy groups -OCH3 is 1. The van der Waals surface area contributed by atoms with Crippen LogP contribution in [-0.2, 0) is 14.3 Å². The number of piperidine rings is 1. The topological polar surface area (TPSA) is 53.1 Å². The van der Waals surface area contributed by atoms with E-state index in [0.29, 0.717) is 13.1 Å². The number of carbonyl (C=O) groups excluding carboxylic acids is 2. The Balaban J connectivity index is 1.65. The SMILES string of the molecule is COCC(=O)N1CCC(C(=O)N2CCN(C)C[C@H]2c2ccccc2)CC1. The summed E-state index contributed by atoms with van der Waals surface area (Å²) < 4.78 is 4.93. The van der Waals surface area contributed by atoms with E-state index in [1.54, 1.807) is 0 Å². The summed E-state index contributed by atoms with van der Waals surface area (Å²) in [5.41, 5.74) is 1.19. The minimum Gasteiger partial charge on any atom is -0.375 e. The van der Waals surface area contributed by atoms with Gasteiger partial charge in [0.15, 0.2) is 0 Å². The molecule has 0 unspecified atom stereocenters. The molecule has 0 spiro atoms. The predicted octanol–water partition coefficient (Wildman–Crippen LogP) is 1.39. The Kier molecular flexibility index (Phi) is 6.27. The minimum atomic E-state index is 0.0104. The van der Waals surface area contributed by atoms with E-state index in [4.69, 9.17) is 4.74 Å². The quantitative estimate of drug-likeness (QED) is 0.815. The number of likely N-dealkylation sites (N-methyl/N-ethyl adjacent to an activating group) is 1. The first kappa shape index (κ1) is 18.9. The van der Waals surface area contributed by atoms with Crippen molar-refractivity contribution in [2.45, 2.75) is 18.9 Å². The maximum Gasteiger partial charge on any atom is 0.248 e. The van der Waals surface area contributed by atoms with Crippen LogP contribution in [0.3, 0.4) is 0 Å². The zero-order valence-electron chi connectivity index (χ0n) is 15.8. The van der Waals surface area contributed by atoms with E-state index in [0.717, 1.165) is 32.5 Å². The van der Waals surface area contributed by atoms with Gasteiger partial charge in [0, 0.05) is 45.8 Å². The number of carbonyl (C=O) groups is 2. The maximum atomic E-state index is 13.2. The molecule has 2 saturated heterocycles. The van der Waals surface area contributed by atoms with Crippen LogP contribution < -0.4 is 0 Å². The second-order valence-corrected chi connectivity index (χ2v) is 7.31. The van der Waals surface area contributed by atoms with E-state index >= 15 is 0 Å². The number of hydrogen-bond acceptors (Lipinski definition) is 4. The number of amides is 2. The van der Waals surface area contributed by atoms with Crippen LogP contribution in [0.4, 0.5) is 0 Å². The van der Waals surface area contributed by atoms with Crippen LogP contribution in [0.5, 0.6) is 0 Å². The third-order valence-electron chi connectivity index (χ3n) is 5.52. The number of ether oxygens (including phenoxy) is 1. The molecule has 0 saturated carbocycles. The fraction of sp³-hybridized carbons (Fsp3) is 0.600. The fourth-order valence-corrected chi connectivity index (χ4v) is 3.97. The maximum absolute atomic E-state index is 13.2. The van der Waals surface area contributed by atoms with Crippen molar-refractivity contribution in [2.75, 3.05) is 53.5 Å². The molecule has 0 aliphatic carbocycles. The largest absolute Gasteiger partial charge is 0.375 e. The second kappa shape index (κ2) is 8.64. The van der Waals surface area contributed by atoms with E-state index in [2.05, 4.69) is 29.0 Å². The molecular formula is C20H29N3O3. The third-order valence-corrected chi connectivity index (χ3v) is 5.52. The highest BCUT2D eigenvalue weighted by atomic mass is 16.5. The number of benzene rings is 1. The lowest BCUT2D eigenvalue weighted by Gasteiger charge is -2.43. The van der Waals surface area contributed by atoms with E-state index in [1.807, 2.05) is 23.1 Å². The Bertz CT molecular complexity index is 614. The molecule has 2 amide bonds. The van der Waals surface area contributed by atoms with Crippen molar-refractivity contribution in [2.24, 2.45) is 5.92 Å². The van der Waals surface area contributed by atoms with Crippen LogP contribution in [0, 0.1) is 5.92 Å². The predicted molar refractivity (Wildman–Crippen MR) is 99.6 cm³/mol. The van der Waals surface area contributed by atoms with Crippen molar-refractivity contribution in [1.82, 2.24) is 14.7 Å². The standard InChI is InChI=1S/C20H29N3O3/c1-21-12-13-23(18(14-21)16-6-4-3-5-7-16)20(25)17-8-10-22(11-9-17)19(24)15-26-2/h3-7,17-18H,8-15H2,1-2H3/t18-/m0/s1. The lowest BCUT2D eigenvalue weighted by Crippen LogP contribution is -2.52. The number of piperazine rings is 1. The zero-order valence-corrected chi connectivity index (χ0v) is 15.8. The van der Waals surface area contributed by atoms with E-state index in [9.17, 15) is 9.59 Å². The third kappa shape index (κ3) is 4.24. The van der Waals surface area contributed by atoms with Crippen molar-refractivity contribution < 1.29 is 14.3 Å². The summed E-state index contributed by atoms with van der Waals surface area (Å²) in [4.78, 5) is 31.3. The molecule has 2 fully saturated rings. The van der Waals surface area contributed by atoms with Crippen LogP contribution in [-0.4, -0.2) is 80.0 Å². The number of hydrogen-bond donors (Lipinski definition) is 0. The summed E-state index contributed by atoms with van der Waals surface area (Å²) in [5, 5.41) is 0. The molecule has 2 heterocycles. The molecule has 26 heavy (non-hydrogen) atoms. The minimum absolute atomic E-state index is 0.0104. The highest BCUT2D eigenvalue weighted by Gasteiger charge is 2.35. The summed E-state index contributed by atoms with van der Waals surface area (Å²) >= 11 is 0. The van der Waals surface area contributed by atoms with Gasteiger partial charge in [0.05, 0.1) is 6.04 Å². The summed E-state index contributed by atoms with van der Waals surface area (Å²) in [5.74, 6) is 0.266. The Labute approximate surface area is 155 Å². The Morgan fingerprint density at radius 3 is 2.42 bits per heavy atom. The monoisotopic (exact) mass is 359 g/mol. The summed E-state index contributed by atoms with van der Waals surface area (Å²) in [6, 6.07) is 10.4. The number of rotatable bonds is 4. The molecular weight excluding hydrogens is 330 g/mol. The summed E-state index contributed by atoms with van der Waals surface area (Å²) in [6.45, 7) is 3.93. The molecule has 0 bridgehead atoms. The Hall–Kier alpha value is -1.92. The van der Waals surface area contributed by atoms with Crippen molar-refractivity contribution in [3.8, 4) is 0 Å². The van der Waals surface area contributed by atoms with Crippen LogP contribution in [0.1, 0.15) is 24.4 Å². The lowest BCUT2D eigenvalue weighted by atomic mass is 9.93. The van der Waals surface area contributed by atoms with Gasteiger partial charge in [0.1, 0.15) is 6.61 Å². The highest BCUT2D eigenvalue weighted by molar-refractivity contribution is 5.81. The molecule has 2 aliphatic rings. The molecule has 0 radical (unpaired) electrons. The van der Waals surface area contributed by atoms with Crippen LogP contribution in [0.25, 0.3) is 0 Å². The molecule has 3 rings (SSSR count). The van der Waals surface area contributed by atoms with Gasteiger partial charge in [-0.15, -0.1) is 0 Å². The van der Waals surface area contributed by atoms with Crippen molar-refractivity contribution in [3.63, 3.8) is 0 Å². The van der Waals surface area contributed by atoms with Gasteiger partial charge in [0.25, 0.3) is 0 Å². The van der Waals surface area contributed by atoms with Gasteiger partial charge in [-0.3, -0.25) is 9.59 Å². The van der Waals surface area contributed by atoms with E-state index in [1.165, 1.54) is 12.7 Å². The fourth-order valence-electron chi connectivity index (χ4n) is 3.97. The first-order valence-electron chi connectivity index (χ1n) is 9.41. The molecule has 0 N–H and O–H groups in total. The van der Waals surface area contributed by atoms with Gasteiger partial charge in [-0.1, -0.05) is 30.3 Å². The molecule has 1 atom stereocenters. The van der Waals surface area contributed by atoms with Gasteiger partial charge in [-0.05, 0) is 25.5 Å². The summed E-state index contributed by atoms with van der Waals surface area (Å²) in [7, 11) is 3.64. The van der Waals surface area contributed by atoms with Crippen molar-refractivity contribution in [3.05, 3.63) is 35.9 Å². The Morgan fingerprint density at radius 1 is 1.08 bits per heavy atom. The molecule has 0 aromatic heterocycles. The van der Waals surface area contributed by atoms with Gasteiger partial charge >= 0.3 is 0 Å². The molecule has 6 heteroatoms. The lowest BCUT2D eigenvalue weighted by molar-refractivity contribution is -0.145. The average molecular weight is 359 g/mol. The molecule has 1 aromatic carbocycles. The van der Waals surface area contributed by atoms with Crippen LogP contribution in [0.2, 0.25) is 0 Å². The van der Waals surface area contributed by atoms with Gasteiger partial charge < -0.3 is 19.4 Å². The van der Waals surface area contributed by atoms with Crippen LogP contribution >= 0.6 is 0 Å². The normalized spacial score (nSPS) is 22.5. The molecule has 2 aliphatic heterocycles. The zero-order chi connectivity index (χ0) is 18.5. The molecule has 6 nitrogen and oxygen atoms in total. The summed E-state index contributed by atoms with van der Waals surface area (Å²) in [6.07, 6.45) is 1.48. The van der Waals surface area contributed by atoms with Crippen molar-refractivity contribution in [1.29, 1.82) is 0 Å². The molecule has 1 aromatic rings. The van der Waals surface area contributed by atoms with E-state index < -0.39 is 0 Å². The van der Waals surface area contributed by atoms with Gasteiger partial charge in [-0.25, -0.2) is 0 Å². The average Bonchev–Trinajstić information content (AvgIpc) is 2.68. The first-order chi connectivity index (χ1) is 12.6.